The standard InChI is InChI=1S/C23H21N3OS/c1-15-9-11-19(12-10-15)26-22(27)21(18-7-5-4-6-8-18)28-23-20(14-24)16(2)13-17(3)25-23/h4-13,21H,1-3H3,(H,26,27). The van der Waals surface area contributed by atoms with Gasteiger partial charge in [0.05, 0.1) is 5.56 Å². The third kappa shape index (κ3) is 4.59. The summed E-state index contributed by atoms with van der Waals surface area (Å²) in [5, 5.41) is 12.6. The molecule has 0 aliphatic carbocycles. The molecule has 3 rings (SSSR count). The number of nitrogens with zero attached hydrogens (tertiary/aromatic N) is 2. The topological polar surface area (TPSA) is 65.8 Å². The van der Waals surface area contributed by atoms with Crippen LogP contribution in [0.5, 0.6) is 0 Å². The molecular formula is C23H21N3OS. The van der Waals surface area contributed by atoms with Gasteiger partial charge in [0.15, 0.2) is 0 Å². The minimum atomic E-state index is -0.525. The molecule has 28 heavy (non-hydrogen) atoms. The molecule has 1 aromatic heterocycles. The van der Waals surface area contributed by atoms with Crippen molar-refractivity contribution in [3.05, 3.63) is 88.6 Å². The summed E-state index contributed by atoms with van der Waals surface area (Å²) in [7, 11) is 0. The molecule has 0 aliphatic rings. The first kappa shape index (κ1) is 19.7. The van der Waals surface area contributed by atoms with Crippen LogP contribution in [0.25, 0.3) is 0 Å². The van der Waals surface area contributed by atoms with Crippen molar-refractivity contribution in [1.29, 1.82) is 5.26 Å². The van der Waals surface area contributed by atoms with Crippen molar-refractivity contribution in [2.24, 2.45) is 0 Å². The molecule has 0 spiro atoms. The number of nitrogens with one attached hydrogen (secondary N) is 1. The third-order valence-electron chi connectivity index (χ3n) is 4.31. The molecule has 0 saturated carbocycles. The van der Waals surface area contributed by atoms with Crippen molar-refractivity contribution in [3.63, 3.8) is 0 Å². The summed E-state index contributed by atoms with van der Waals surface area (Å²) in [4.78, 5) is 17.7. The van der Waals surface area contributed by atoms with Gasteiger partial charge in [0.25, 0.3) is 0 Å². The predicted molar refractivity (Wildman–Crippen MR) is 113 cm³/mol. The molecule has 0 fully saturated rings. The van der Waals surface area contributed by atoms with Gasteiger partial charge in [-0.15, -0.1) is 0 Å². The fourth-order valence-corrected chi connectivity index (χ4v) is 4.08. The fourth-order valence-electron chi connectivity index (χ4n) is 2.88. The molecule has 0 aliphatic heterocycles. The number of aryl methyl sites for hydroxylation is 3. The van der Waals surface area contributed by atoms with Gasteiger partial charge in [0.2, 0.25) is 5.91 Å². The number of anilines is 1. The van der Waals surface area contributed by atoms with Crippen LogP contribution in [0.3, 0.4) is 0 Å². The van der Waals surface area contributed by atoms with Crippen molar-refractivity contribution in [3.8, 4) is 6.07 Å². The molecule has 0 bridgehead atoms. The molecule has 3 aromatic rings. The average molecular weight is 388 g/mol. The van der Waals surface area contributed by atoms with E-state index < -0.39 is 5.25 Å². The van der Waals surface area contributed by atoms with Gasteiger partial charge in [0, 0.05) is 11.4 Å². The van der Waals surface area contributed by atoms with E-state index in [9.17, 15) is 10.1 Å². The summed E-state index contributed by atoms with van der Waals surface area (Å²) < 4.78 is 0. The van der Waals surface area contributed by atoms with Crippen molar-refractivity contribution in [2.75, 3.05) is 5.32 Å². The Kier molecular flexibility index (Phi) is 6.13. The van der Waals surface area contributed by atoms with Crippen molar-refractivity contribution < 1.29 is 4.79 Å². The van der Waals surface area contributed by atoms with Crippen LogP contribution in [0.1, 0.15) is 33.2 Å². The second-order valence-corrected chi connectivity index (χ2v) is 7.73. The van der Waals surface area contributed by atoms with E-state index in [1.807, 2.05) is 81.4 Å². The van der Waals surface area contributed by atoms with E-state index in [2.05, 4.69) is 16.4 Å². The largest absolute Gasteiger partial charge is 0.325 e. The number of hydrogen-bond donors (Lipinski definition) is 1. The molecule has 5 heteroatoms. The SMILES string of the molecule is Cc1ccc(NC(=O)C(Sc2nc(C)cc(C)c2C#N)c2ccccc2)cc1. The smallest absolute Gasteiger partial charge is 0.242 e. The summed E-state index contributed by atoms with van der Waals surface area (Å²) in [6.07, 6.45) is 0. The van der Waals surface area contributed by atoms with Crippen LogP contribution in [-0.2, 0) is 4.79 Å². The number of amides is 1. The Balaban J connectivity index is 1.96. The Hall–Kier alpha value is -3.10. The Bertz CT molecular complexity index is 1020. The van der Waals surface area contributed by atoms with Gasteiger partial charge in [-0.2, -0.15) is 5.26 Å². The van der Waals surface area contributed by atoms with Crippen LogP contribution in [-0.4, -0.2) is 10.9 Å². The minimum Gasteiger partial charge on any atom is -0.325 e. The molecule has 4 nitrogen and oxygen atoms in total. The fraction of sp³-hybridized carbons (Fsp3) is 0.174. The summed E-state index contributed by atoms with van der Waals surface area (Å²) in [6.45, 7) is 5.78. The predicted octanol–water partition coefficient (Wildman–Crippen LogP) is 5.35. The number of carbonyl (C=O) groups is 1. The second-order valence-electron chi connectivity index (χ2n) is 6.64. The number of thioether (sulfide) groups is 1. The first-order chi connectivity index (χ1) is 13.5. The first-order valence-corrected chi connectivity index (χ1v) is 9.83. The lowest BCUT2D eigenvalue weighted by molar-refractivity contribution is -0.115. The Morgan fingerprint density at radius 3 is 2.39 bits per heavy atom. The minimum absolute atomic E-state index is 0.148. The summed E-state index contributed by atoms with van der Waals surface area (Å²) in [5.41, 5.74) is 4.94. The van der Waals surface area contributed by atoms with Crippen LogP contribution < -0.4 is 5.32 Å². The quantitative estimate of drug-likeness (QED) is 0.599. The number of aromatic nitrogens is 1. The zero-order valence-electron chi connectivity index (χ0n) is 16.1. The zero-order chi connectivity index (χ0) is 20.1. The molecular weight excluding hydrogens is 366 g/mol. The normalized spacial score (nSPS) is 11.5. The van der Waals surface area contributed by atoms with E-state index in [1.165, 1.54) is 11.8 Å². The average Bonchev–Trinajstić information content (AvgIpc) is 2.68. The van der Waals surface area contributed by atoms with E-state index in [1.54, 1.807) is 0 Å². The number of hydrogen-bond acceptors (Lipinski definition) is 4. The number of nitriles is 1. The maximum absolute atomic E-state index is 13.1. The highest BCUT2D eigenvalue weighted by Gasteiger charge is 2.25. The van der Waals surface area contributed by atoms with Crippen LogP contribution in [0.4, 0.5) is 5.69 Å². The summed E-state index contributed by atoms with van der Waals surface area (Å²) in [5.74, 6) is -0.148. The Labute approximate surface area is 169 Å². The van der Waals surface area contributed by atoms with E-state index >= 15 is 0 Å². The summed E-state index contributed by atoms with van der Waals surface area (Å²) >= 11 is 1.31. The Morgan fingerprint density at radius 2 is 1.75 bits per heavy atom. The lowest BCUT2D eigenvalue weighted by Gasteiger charge is -2.18. The molecule has 140 valence electrons. The van der Waals surface area contributed by atoms with E-state index in [0.717, 1.165) is 28.1 Å². The molecule has 1 N–H and O–H groups in total. The van der Waals surface area contributed by atoms with Gasteiger partial charge in [-0.05, 0) is 50.1 Å². The van der Waals surface area contributed by atoms with Crippen LogP contribution >= 0.6 is 11.8 Å². The highest BCUT2D eigenvalue weighted by molar-refractivity contribution is 8.00. The monoisotopic (exact) mass is 387 g/mol. The van der Waals surface area contributed by atoms with Crippen molar-refractivity contribution in [2.45, 2.75) is 31.0 Å². The van der Waals surface area contributed by atoms with Gasteiger partial charge in [0.1, 0.15) is 16.3 Å². The van der Waals surface area contributed by atoms with Crippen LogP contribution in [0.2, 0.25) is 0 Å². The third-order valence-corrected chi connectivity index (χ3v) is 5.55. The molecule has 0 radical (unpaired) electrons. The van der Waals surface area contributed by atoms with Crippen molar-refractivity contribution in [1.82, 2.24) is 4.98 Å². The first-order valence-electron chi connectivity index (χ1n) is 8.95. The lowest BCUT2D eigenvalue weighted by Crippen LogP contribution is -2.19. The van der Waals surface area contributed by atoms with Crippen molar-refractivity contribution >= 4 is 23.4 Å². The Morgan fingerprint density at radius 1 is 1.07 bits per heavy atom. The van der Waals surface area contributed by atoms with Crippen LogP contribution in [0.15, 0.2) is 65.7 Å². The van der Waals surface area contributed by atoms with Gasteiger partial charge in [-0.3, -0.25) is 4.79 Å². The number of pyridine rings is 1. The van der Waals surface area contributed by atoms with E-state index in [4.69, 9.17) is 0 Å². The molecule has 1 amide bonds. The summed E-state index contributed by atoms with van der Waals surface area (Å²) in [6, 6.07) is 21.4. The zero-order valence-corrected chi connectivity index (χ0v) is 16.9. The van der Waals surface area contributed by atoms with Gasteiger partial charge in [-0.1, -0.05) is 59.8 Å². The molecule has 2 aromatic carbocycles. The number of benzene rings is 2. The number of rotatable bonds is 5. The van der Waals surface area contributed by atoms with Crippen LogP contribution in [0, 0.1) is 32.1 Å². The lowest BCUT2D eigenvalue weighted by atomic mass is 10.1. The second kappa shape index (κ2) is 8.73. The van der Waals surface area contributed by atoms with Gasteiger partial charge >= 0.3 is 0 Å². The van der Waals surface area contributed by atoms with Gasteiger partial charge in [-0.25, -0.2) is 4.98 Å². The molecule has 0 saturated heterocycles. The number of carbonyl (C=O) groups excluding carboxylic acids is 1. The maximum atomic E-state index is 13.1. The van der Waals surface area contributed by atoms with E-state index in [0.29, 0.717) is 10.6 Å². The molecule has 1 heterocycles. The van der Waals surface area contributed by atoms with Gasteiger partial charge < -0.3 is 5.32 Å². The maximum Gasteiger partial charge on any atom is 0.242 e. The highest BCUT2D eigenvalue weighted by Crippen LogP contribution is 2.37. The molecule has 1 unspecified atom stereocenters. The highest BCUT2D eigenvalue weighted by atomic mass is 32.2. The van der Waals surface area contributed by atoms with E-state index in [-0.39, 0.29) is 5.91 Å². The molecule has 1 atom stereocenters.